The van der Waals surface area contributed by atoms with E-state index in [0.717, 1.165) is 16.7 Å². The second kappa shape index (κ2) is 14.8. The maximum Gasteiger partial charge on any atom is 0.408 e. The first kappa shape index (κ1) is 28.8. The quantitative estimate of drug-likeness (QED) is 0.285. The molecule has 0 aliphatic carbocycles. The van der Waals surface area contributed by atoms with Gasteiger partial charge in [-0.3, -0.25) is 9.59 Å². The molecule has 0 fully saturated rings. The molecule has 3 aromatic carbocycles. The first-order valence-corrected chi connectivity index (χ1v) is 13.8. The minimum absolute atomic E-state index is 0.0603. The molecule has 0 spiro atoms. The second-order valence-electron chi connectivity index (χ2n) is 9.35. The maximum absolute atomic E-state index is 13.5. The molecule has 0 saturated heterocycles. The van der Waals surface area contributed by atoms with Crippen LogP contribution in [0.2, 0.25) is 0 Å². The first-order chi connectivity index (χ1) is 19.5. The molecule has 3 N–H and O–H groups in total. The predicted molar refractivity (Wildman–Crippen MR) is 154 cm³/mol. The Kier molecular flexibility index (Phi) is 10.7. The van der Waals surface area contributed by atoms with Crippen molar-refractivity contribution in [2.45, 2.75) is 50.6 Å². The molecule has 9 nitrogen and oxygen atoms in total. The van der Waals surface area contributed by atoms with Crippen molar-refractivity contribution in [3.8, 4) is 0 Å². The van der Waals surface area contributed by atoms with Crippen molar-refractivity contribution in [3.05, 3.63) is 108 Å². The van der Waals surface area contributed by atoms with Gasteiger partial charge in [0.25, 0.3) is 0 Å². The number of rotatable bonds is 12. The summed E-state index contributed by atoms with van der Waals surface area (Å²) in [5.74, 6) is -0.882. The number of nitrogens with one attached hydrogen (secondary N) is 3. The standard InChI is InChI=1S/C30H31BrN4O5/c31-27-18-24(40-35-27)17-26(28(36)32-19-22-12-6-2-7-13-22)33-29(37)25(16-21-10-4-1-5-11-21)34-30(38)39-20-23-14-8-3-9-15-23/h1-15,24-26H,16-20H2,(H,32,36)(H,33,37)(H,34,38)/t24?,25-,26?/m0/s1. The zero-order chi connectivity index (χ0) is 28.2. The van der Waals surface area contributed by atoms with E-state index in [4.69, 9.17) is 9.57 Å². The number of halogens is 1. The Morgan fingerprint density at radius 2 is 1.43 bits per heavy atom. The highest BCUT2D eigenvalue weighted by atomic mass is 79.9. The third-order valence-corrected chi connectivity index (χ3v) is 6.71. The van der Waals surface area contributed by atoms with Crippen molar-refractivity contribution in [1.29, 1.82) is 0 Å². The Morgan fingerprint density at radius 1 is 0.825 bits per heavy atom. The molecule has 4 rings (SSSR count). The normalized spacial score (nSPS) is 15.6. The molecule has 0 radical (unpaired) electrons. The summed E-state index contributed by atoms with van der Waals surface area (Å²) >= 11 is 3.31. The highest BCUT2D eigenvalue weighted by Gasteiger charge is 2.32. The zero-order valence-electron chi connectivity index (χ0n) is 21.8. The lowest BCUT2D eigenvalue weighted by atomic mass is 10.0. The van der Waals surface area contributed by atoms with Crippen LogP contribution < -0.4 is 16.0 Å². The molecule has 208 valence electrons. The van der Waals surface area contributed by atoms with E-state index in [1.54, 1.807) is 0 Å². The summed E-state index contributed by atoms with van der Waals surface area (Å²) in [6.45, 7) is 0.361. The Balaban J connectivity index is 1.44. The molecule has 0 aromatic heterocycles. The molecule has 2 unspecified atom stereocenters. The van der Waals surface area contributed by atoms with Crippen LogP contribution in [0.1, 0.15) is 29.5 Å². The predicted octanol–water partition coefficient (Wildman–Crippen LogP) is 4.21. The van der Waals surface area contributed by atoms with Crippen molar-refractivity contribution in [1.82, 2.24) is 16.0 Å². The number of alkyl carbamates (subject to hydrolysis) is 1. The summed E-state index contributed by atoms with van der Waals surface area (Å²) in [5.41, 5.74) is 2.59. The van der Waals surface area contributed by atoms with Gasteiger partial charge >= 0.3 is 6.09 Å². The molecule has 10 heteroatoms. The van der Waals surface area contributed by atoms with E-state index in [1.165, 1.54) is 0 Å². The van der Waals surface area contributed by atoms with Crippen LogP contribution in [-0.2, 0) is 38.7 Å². The number of hydrogen-bond acceptors (Lipinski definition) is 6. The van der Waals surface area contributed by atoms with Gasteiger partial charge in [-0.05, 0) is 32.6 Å². The van der Waals surface area contributed by atoms with Gasteiger partial charge in [-0.2, -0.15) is 0 Å². The number of hydrogen-bond donors (Lipinski definition) is 3. The van der Waals surface area contributed by atoms with Crippen LogP contribution in [0.4, 0.5) is 4.79 Å². The fourth-order valence-electron chi connectivity index (χ4n) is 4.16. The van der Waals surface area contributed by atoms with Gasteiger partial charge in [0.1, 0.15) is 29.4 Å². The van der Waals surface area contributed by atoms with Crippen molar-refractivity contribution in [2.75, 3.05) is 0 Å². The van der Waals surface area contributed by atoms with Crippen molar-refractivity contribution >= 4 is 38.5 Å². The monoisotopic (exact) mass is 606 g/mol. The maximum atomic E-state index is 13.5. The van der Waals surface area contributed by atoms with Crippen LogP contribution in [-0.4, -0.2) is 40.7 Å². The van der Waals surface area contributed by atoms with Crippen LogP contribution in [0.3, 0.4) is 0 Å². The van der Waals surface area contributed by atoms with E-state index in [1.807, 2.05) is 91.0 Å². The van der Waals surface area contributed by atoms with Gasteiger partial charge < -0.3 is 25.5 Å². The Morgan fingerprint density at radius 3 is 2.02 bits per heavy atom. The van der Waals surface area contributed by atoms with Gasteiger partial charge in [0.2, 0.25) is 11.8 Å². The second-order valence-corrected chi connectivity index (χ2v) is 10.3. The fourth-order valence-corrected chi connectivity index (χ4v) is 4.61. The number of nitrogens with zero attached hydrogens (tertiary/aromatic N) is 1. The number of benzene rings is 3. The van der Waals surface area contributed by atoms with E-state index >= 15 is 0 Å². The molecule has 3 aromatic rings. The largest absolute Gasteiger partial charge is 0.445 e. The molecule has 3 atom stereocenters. The van der Waals surface area contributed by atoms with Gasteiger partial charge in [-0.1, -0.05) is 96.2 Å². The van der Waals surface area contributed by atoms with Crippen molar-refractivity contribution < 1.29 is 24.0 Å². The lowest BCUT2D eigenvalue weighted by molar-refractivity contribution is -0.131. The number of oxime groups is 1. The number of ether oxygens (including phenoxy) is 1. The van der Waals surface area contributed by atoms with E-state index in [0.29, 0.717) is 17.6 Å². The van der Waals surface area contributed by atoms with Crippen molar-refractivity contribution in [3.63, 3.8) is 0 Å². The number of carbonyl (C=O) groups is 3. The van der Waals surface area contributed by atoms with Gasteiger partial charge in [-0.15, -0.1) is 0 Å². The minimum atomic E-state index is -0.984. The molecule has 40 heavy (non-hydrogen) atoms. The molecule has 3 amide bonds. The highest BCUT2D eigenvalue weighted by Crippen LogP contribution is 2.19. The zero-order valence-corrected chi connectivity index (χ0v) is 23.4. The lowest BCUT2D eigenvalue weighted by Gasteiger charge is -2.24. The number of carbonyl (C=O) groups excluding carboxylic acids is 3. The Hall–Kier alpha value is -4.18. The van der Waals surface area contributed by atoms with E-state index in [9.17, 15) is 14.4 Å². The summed E-state index contributed by atoms with van der Waals surface area (Å²) < 4.78 is 5.99. The van der Waals surface area contributed by atoms with Gasteiger partial charge in [0.05, 0.1) is 0 Å². The highest BCUT2D eigenvalue weighted by molar-refractivity contribution is 9.18. The van der Waals surface area contributed by atoms with Gasteiger partial charge in [0, 0.05) is 25.8 Å². The van der Waals surface area contributed by atoms with Crippen molar-refractivity contribution in [2.24, 2.45) is 5.16 Å². The summed E-state index contributed by atoms with van der Waals surface area (Å²) in [4.78, 5) is 44.9. The summed E-state index contributed by atoms with van der Waals surface area (Å²) in [6.07, 6.45) is -0.239. The smallest absolute Gasteiger partial charge is 0.408 e. The van der Waals surface area contributed by atoms with Crippen LogP contribution in [0.5, 0.6) is 0 Å². The van der Waals surface area contributed by atoms with Gasteiger partial charge in [-0.25, -0.2) is 4.79 Å². The third kappa shape index (κ3) is 9.23. The van der Waals surface area contributed by atoms with E-state index < -0.39 is 30.2 Å². The van der Waals surface area contributed by atoms with Crippen LogP contribution in [0.15, 0.2) is 96.2 Å². The van der Waals surface area contributed by atoms with E-state index in [-0.39, 0.29) is 25.4 Å². The molecular weight excluding hydrogens is 576 g/mol. The average Bonchev–Trinajstić information content (AvgIpc) is 3.40. The summed E-state index contributed by atoms with van der Waals surface area (Å²) in [6, 6.07) is 26.1. The fraction of sp³-hybridized carbons (Fsp3) is 0.267. The Labute approximate surface area is 241 Å². The summed E-state index contributed by atoms with van der Waals surface area (Å²) in [7, 11) is 0. The van der Waals surface area contributed by atoms with Crippen LogP contribution >= 0.6 is 15.9 Å². The lowest BCUT2D eigenvalue weighted by Crippen LogP contribution is -2.55. The molecular formula is C30H31BrN4O5. The molecule has 0 bridgehead atoms. The van der Waals surface area contributed by atoms with E-state index in [2.05, 4.69) is 37.0 Å². The summed E-state index contributed by atoms with van der Waals surface area (Å²) in [5, 5.41) is 12.3. The minimum Gasteiger partial charge on any atom is -0.445 e. The molecule has 1 aliphatic rings. The Bertz CT molecular complexity index is 1290. The number of amides is 3. The average molecular weight is 608 g/mol. The molecule has 1 aliphatic heterocycles. The molecule has 1 heterocycles. The van der Waals surface area contributed by atoms with Gasteiger partial charge in [0.15, 0.2) is 0 Å². The van der Waals surface area contributed by atoms with Crippen LogP contribution in [0.25, 0.3) is 0 Å². The SMILES string of the molecule is O=C(N[C@@H](Cc1ccccc1)C(=O)NC(CC1CC(Br)=NO1)C(=O)NCc1ccccc1)OCc1ccccc1. The topological polar surface area (TPSA) is 118 Å². The third-order valence-electron chi connectivity index (χ3n) is 6.24. The van der Waals surface area contributed by atoms with Crippen LogP contribution in [0, 0.1) is 0 Å². The first-order valence-electron chi connectivity index (χ1n) is 13.0. The molecule has 0 saturated carbocycles.